The van der Waals surface area contributed by atoms with Gasteiger partial charge in [-0.15, -0.1) is 0 Å². The van der Waals surface area contributed by atoms with Gasteiger partial charge in [0.1, 0.15) is 16.6 Å². The second-order valence-electron chi connectivity index (χ2n) is 8.52. The summed E-state index contributed by atoms with van der Waals surface area (Å²) in [4.78, 5) is 43.4. The summed E-state index contributed by atoms with van der Waals surface area (Å²) in [5.41, 5.74) is 2.99. The summed E-state index contributed by atoms with van der Waals surface area (Å²) in [7, 11) is 1.57. The highest BCUT2D eigenvalue weighted by Gasteiger charge is 2.43. The first-order valence-corrected chi connectivity index (χ1v) is 12.8. The number of thioether (sulfide) groups is 1. The molecule has 1 atom stereocenters. The SMILES string of the molecule is COc1ccc(NC(=O)CN2C(=O)C(=C3SC(=S)N(C(C)c4ccccc4)C3=O)c3ccccc32)cc1. The quantitative estimate of drug-likeness (QED) is 0.357. The van der Waals surface area contributed by atoms with Gasteiger partial charge < -0.3 is 10.1 Å². The lowest BCUT2D eigenvalue weighted by molar-refractivity contribution is -0.123. The molecule has 1 unspecified atom stereocenters. The van der Waals surface area contributed by atoms with Crippen molar-refractivity contribution in [3.8, 4) is 5.75 Å². The number of carbonyl (C=O) groups is 3. The summed E-state index contributed by atoms with van der Waals surface area (Å²) in [5.74, 6) is -0.405. The number of nitrogens with zero attached hydrogens (tertiary/aromatic N) is 2. The Morgan fingerprint density at radius 3 is 2.35 bits per heavy atom. The molecule has 2 aliphatic rings. The summed E-state index contributed by atoms with van der Waals surface area (Å²) in [5, 5.41) is 2.81. The maximum atomic E-state index is 13.7. The van der Waals surface area contributed by atoms with Gasteiger partial charge in [-0.2, -0.15) is 0 Å². The Labute approximate surface area is 224 Å². The first-order valence-electron chi connectivity index (χ1n) is 11.6. The van der Waals surface area contributed by atoms with E-state index in [1.807, 2.05) is 37.3 Å². The zero-order chi connectivity index (χ0) is 26.1. The molecule has 37 heavy (non-hydrogen) atoms. The molecule has 0 aromatic heterocycles. The minimum Gasteiger partial charge on any atom is -0.497 e. The maximum Gasteiger partial charge on any atom is 0.267 e. The molecular formula is C28H23N3O4S2. The van der Waals surface area contributed by atoms with Crippen molar-refractivity contribution in [2.75, 3.05) is 23.9 Å². The molecule has 186 valence electrons. The Hall–Kier alpha value is -3.95. The number of anilines is 2. The fourth-order valence-electron chi connectivity index (χ4n) is 4.42. The Bertz CT molecular complexity index is 1440. The van der Waals surface area contributed by atoms with Gasteiger partial charge in [-0.3, -0.25) is 24.2 Å². The van der Waals surface area contributed by atoms with Gasteiger partial charge in [-0.25, -0.2) is 0 Å². The first-order chi connectivity index (χ1) is 17.9. The number of methoxy groups -OCH3 is 1. The highest BCUT2D eigenvalue weighted by atomic mass is 32.2. The molecule has 3 amide bonds. The number of ether oxygens (including phenoxy) is 1. The lowest BCUT2D eigenvalue weighted by Gasteiger charge is -2.23. The monoisotopic (exact) mass is 529 g/mol. The van der Waals surface area contributed by atoms with Gasteiger partial charge in [0, 0.05) is 11.3 Å². The van der Waals surface area contributed by atoms with Gasteiger partial charge in [-0.1, -0.05) is 72.5 Å². The summed E-state index contributed by atoms with van der Waals surface area (Å²) < 4.78 is 5.54. The minimum atomic E-state index is -0.404. The van der Waals surface area contributed by atoms with E-state index in [0.717, 1.165) is 17.3 Å². The Balaban J connectivity index is 1.43. The van der Waals surface area contributed by atoms with Crippen molar-refractivity contribution in [2.45, 2.75) is 13.0 Å². The highest BCUT2D eigenvalue weighted by Crippen LogP contribution is 2.46. The molecule has 0 spiro atoms. The molecule has 0 radical (unpaired) electrons. The third-order valence-corrected chi connectivity index (χ3v) is 7.70. The van der Waals surface area contributed by atoms with Crippen LogP contribution in [-0.2, 0) is 14.4 Å². The molecule has 1 fully saturated rings. The van der Waals surface area contributed by atoms with E-state index in [4.69, 9.17) is 17.0 Å². The third-order valence-electron chi connectivity index (χ3n) is 6.29. The van der Waals surface area contributed by atoms with Crippen LogP contribution in [0, 0.1) is 0 Å². The van der Waals surface area contributed by atoms with E-state index in [9.17, 15) is 14.4 Å². The summed E-state index contributed by atoms with van der Waals surface area (Å²) in [6.07, 6.45) is 0. The van der Waals surface area contributed by atoms with Crippen LogP contribution in [0.4, 0.5) is 11.4 Å². The van der Waals surface area contributed by atoms with E-state index in [2.05, 4.69) is 5.32 Å². The van der Waals surface area contributed by atoms with Crippen LogP contribution < -0.4 is 15.0 Å². The Kier molecular flexibility index (Phi) is 6.82. The second kappa shape index (κ2) is 10.2. The molecule has 2 aliphatic heterocycles. The molecule has 9 heteroatoms. The molecule has 1 N–H and O–H groups in total. The minimum absolute atomic E-state index is 0.202. The van der Waals surface area contributed by atoms with Gasteiger partial charge in [0.15, 0.2) is 0 Å². The predicted molar refractivity (Wildman–Crippen MR) is 149 cm³/mol. The van der Waals surface area contributed by atoms with Crippen LogP contribution in [0.25, 0.3) is 5.57 Å². The number of fused-ring (bicyclic) bond motifs is 1. The topological polar surface area (TPSA) is 79.0 Å². The molecule has 0 saturated carbocycles. The van der Waals surface area contributed by atoms with Crippen molar-refractivity contribution < 1.29 is 19.1 Å². The second-order valence-corrected chi connectivity index (χ2v) is 10.2. The zero-order valence-corrected chi connectivity index (χ0v) is 21.8. The number of nitrogens with one attached hydrogen (secondary N) is 1. The van der Waals surface area contributed by atoms with Gasteiger partial charge in [0.25, 0.3) is 11.8 Å². The number of para-hydroxylation sites is 1. The largest absolute Gasteiger partial charge is 0.497 e. The van der Waals surface area contributed by atoms with Crippen LogP contribution in [-0.4, -0.2) is 40.6 Å². The number of amides is 3. The van der Waals surface area contributed by atoms with E-state index in [0.29, 0.717) is 27.0 Å². The standard InChI is InChI=1S/C28H23N3O4S2/c1-17(18-8-4-3-5-9-18)31-27(34)25(37-28(31)36)24-21-10-6-7-11-22(21)30(26(24)33)16-23(32)29-19-12-14-20(35-2)15-13-19/h3-15,17H,16H2,1-2H3,(H,29,32). The number of benzene rings is 3. The van der Waals surface area contributed by atoms with E-state index in [-0.39, 0.29) is 34.9 Å². The molecule has 3 aromatic rings. The molecule has 0 aliphatic carbocycles. The van der Waals surface area contributed by atoms with Crippen LogP contribution >= 0.6 is 24.0 Å². The maximum absolute atomic E-state index is 13.7. The van der Waals surface area contributed by atoms with Crippen molar-refractivity contribution in [1.82, 2.24) is 4.90 Å². The van der Waals surface area contributed by atoms with E-state index >= 15 is 0 Å². The summed E-state index contributed by atoms with van der Waals surface area (Å²) in [6, 6.07) is 23.4. The average Bonchev–Trinajstić information content (AvgIpc) is 3.36. The Morgan fingerprint density at radius 2 is 1.65 bits per heavy atom. The average molecular weight is 530 g/mol. The van der Waals surface area contributed by atoms with Crippen LogP contribution in [0.15, 0.2) is 83.8 Å². The number of hydrogen-bond acceptors (Lipinski definition) is 6. The highest BCUT2D eigenvalue weighted by molar-refractivity contribution is 8.26. The van der Waals surface area contributed by atoms with Crippen LogP contribution in [0.5, 0.6) is 5.75 Å². The molecular weight excluding hydrogens is 506 g/mol. The summed E-state index contributed by atoms with van der Waals surface area (Å²) >= 11 is 6.69. The molecule has 5 rings (SSSR count). The number of carbonyl (C=O) groups excluding carboxylic acids is 3. The molecule has 3 aromatic carbocycles. The lowest BCUT2D eigenvalue weighted by Crippen LogP contribution is -2.35. The molecule has 7 nitrogen and oxygen atoms in total. The van der Waals surface area contributed by atoms with E-state index in [1.165, 1.54) is 4.90 Å². The molecule has 0 bridgehead atoms. The van der Waals surface area contributed by atoms with Crippen molar-refractivity contribution >= 4 is 63.0 Å². The first kappa shape index (κ1) is 24.7. The summed E-state index contributed by atoms with van der Waals surface area (Å²) in [6.45, 7) is 1.71. The van der Waals surface area contributed by atoms with Crippen molar-refractivity contribution in [1.29, 1.82) is 0 Å². The van der Waals surface area contributed by atoms with Gasteiger partial charge in [0.05, 0.1) is 29.3 Å². The fraction of sp³-hybridized carbons (Fsp3) is 0.143. The predicted octanol–water partition coefficient (Wildman–Crippen LogP) is 5.01. The van der Waals surface area contributed by atoms with Gasteiger partial charge in [0.2, 0.25) is 5.91 Å². The van der Waals surface area contributed by atoms with E-state index in [1.54, 1.807) is 60.5 Å². The zero-order valence-electron chi connectivity index (χ0n) is 20.1. The smallest absolute Gasteiger partial charge is 0.267 e. The fourth-order valence-corrected chi connectivity index (χ4v) is 5.91. The van der Waals surface area contributed by atoms with Crippen LogP contribution in [0.1, 0.15) is 24.1 Å². The van der Waals surface area contributed by atoms with Crippen molar-refractivity contribution in [3.63, 3.8) is 0 Å². The van der Waals surface area contributed by atoms with Crippen LogP contribution in [0.2, 0.25) is 0 Å². The van der Waals surface area contributed by atoms with E-state index < -0.39 is 5.91 Å². The number of thiocarbonyl (C=S) groups is 1. The van der Waals surface area contributed by atoms with Gasteiger partial charge in [-0.05, 0) is 42.8 Å². The third kappa shape index (κ3) is 4.63. The van der Waals surface area contributed by atoms with Gasteiger partial charge >= 0.3 is 0 Å². The molecule has 1 saturated heterocycles. The number of rotatable bonds is 6. The normalized spacial score (nSPS) is 17.7. The number of hydrogen-bond donors (Lipinski definition) is 1. The Morgan fingerprint density at radius 1 is 0.973 bits per heavy atom. The van der Waals surface area contributed by atoms with Crippen LogP contribution in [0.3, 0.4) is 0 Å². The lowest BCUT2D eigenvalue weighted by atomic mass is 10.1. The molecule has 2 heterocycles. The van der Waals surface area contributed by atoms with Crippen molar-refractivity contribution in [3.05, 3.63) is 94.9 Å². The van der Waals surface area contributed by atoms with Crippen molar-refractivity contribution in [2.24, 2.45) is 0 Å².